The first-order valence-electron chi connectivity index (χ1n) is 9.50. The van der Waals surface area contributed by atoms with Gasteiger partial charge in [0.15, 0.2) is 0 Å². The van der Waals surface area contributed by atoms with Gasteiger partial charge in [-0.05, 0) is 72.1 Å². The van der Waals surface area contributed by atoms with Gasteiger partial charge >= 0.3 is 37.9 Å². The van der Waals surface area contributed by atoms with Crippen LogP contribution >= 0.6 is 17.0 Å². The summed E-state index contributed by atoms with van der Waals surface area (Å²) in [6.45, 7) is 12.6. The maximum absolute atomic E-state index is 5.71. The van der Waals surface area contributed by atoms with Gasteiger partial charge in [-0.25, -0.2) is 0 Å². The molecule has 26 heavy (non-hydrogen) atoms. The SMILES string of the molecule is CC(C)(C)OCC1CCCC1.CC(C)OCC1CCCC1.[CH3-].[CH3-].[Cl][Zr+2][Cl]. The number of halogens is 2. The minimum absolute atomic E-state index is 0. The van der Waals surface area contributed by atoms with Crippen LogP contribution < -0.4 is 0 Å². The van der Waals surface area contributed by atoms with Gasteiger partial charge in [-0.3, -0.25) is 0 Å². The molecule has 2 aliphatic carbocycles. The van der Waals surface area contributed by atoms with Gasteiger partial charge in [0, 0.05) is 6.61 Å². The fraction of sp³-hybridized carbons (Fsp3) is 0.905. The average Bonchev–Trinajstić information content (AvgIpc) is 3.17. The molecule has 2 nitrogen and oxygen atoms in total. The molecule has 2 fully saturated rings. The van der Waals surface area contributed by atoms with Gasteiger partial charge in [-0.2, -0.15) is 0 Å². The van der Waals surface area contributed by atoms with Crippen LogP contribution in [0.3, 0.4) is 0 Å². The van der Waals surface area contributed by atoms with Crippen LogP contribution in [-0.4, -0.2) is 24.9 Å². The zero-order valence-electron chi connectivity index (χ0n) is 18.4. The first-order valence-corrected chi connectivity index (χ1v) is 15.8. The van der Waals surface area contributed by atoms with E-state index in [0.29, 0.717) is 6.10 Å². The molecule has 0 atom stereocenters. The van der Waals surface area contributed by atoms with Gasteiger partial charge in [0.2, 0.25) is 0 Å². The maximum atomic E-state index is 5.71. The van der Waals surface area contributed by atoms with E-state index in [2.05, 4.69) is 34.6 Å². The Kier molecular flexibility index (Phi) is 24.3. The van der Waals surface area contributed by atoms with Crippen LogP contribution in [0.15, 0.2) is 0 Å². The van der Waals surface area contributed by atoms with Crippen molar-refractivity contribution in [2.75, 3.05) is 13.2 Å². The molecule has 0 N–H and O–H groups in total. The average molecular weight is 491 g/mol. The van der Waals surface area contributed by atoms with Gasteiger partial charge < -0.3 is 24.3 Å². The number of hydrogen-bond donors (Lipinski definition) is 0. The van der Waals surface area contributed by atoms with E-state index in [9.17, 15) is 0 Å². The molecule has 5 heteroatoms. The van der Waals surface area contributed by atoms with Crippen LogP contribution in [0, 0.1) is 26.7 Å². The van der Waals surface area contributed by atoms with Crippen molar-refractivity contribution in [2.24, 2.45) is 11.8 Å². The molecule has 0 aromatic carbocycles. The first-order chi connectivity index (χ1) is 11.3. The van der Waals surface area contributed by atoms with E-state index in [0.717, 1.165) is 25.0 Å². The Morgan fingerprint density at radius 3 is 1.50 bits per heavy atom. The molecule has 2 aliphatic rings. The Morgan fingerprint density at radius 2 is 1.19 bits per heavy atom. The van der Waals surface area contributed by atoms with Crippen molar-refractivity contribution in [3.8, 4) is 0 Å². The van der Waals surface area contributed by atoms with E-state index in [4.69, 9.17) is 26.5 Å². The number of ether oxygens (including phenoxy) is 2. The molecule has 0 aliphatic heterocycles. The molecular formula is C21H44Cl2O2Zr. The van der Waals surface area contributed by atoms with Crippen LogP contribution in [0.25, 0.3) is 0 Å². The fourth-order valence-corrected chi connectivity index (χ4v) is 3.05. The summed E-state index contributed by atoms with van der Waals surface area (Å²) in [5.74, 6) is 1.73. The predicted molar refractivity (Wildman–Crippen MR) is 115 cm³/mol. The topological polar surface area (TPSA) is 18.5 Å². The number of hydrogen-bond acceptors (Lipinski definition) is 2. The van der Waals surface area contributed by atoms with E-state index in [1.807, 2.05) is 0 Å². The molecule has 0 aromatic rings. The van der Waals surface area contributed by atoms with E-state index in [1.54, 1.807) is 0 Å². The monoisotopic (exact) mass is 488 g/mol. The second-order valence-corrected chi connectivity index (χ2v) is 11.9. The van der Waals surface area contributed by atoms with E-state index in [-0.39, 0.29) is 20.5 Å². The Labute approximate surface area is 184 Å². The summed E-state index contributed by atoms with van der Waals surface area (Å²) < 4.78 is 11.2. The van der Waals surface area contributed by atoms with Crippen LogP contribution in [-0.2, 0) is 30.3 Å². The summed E-state index contributed by atoms with van der Waals surface area (Å²) in [6, 6.07) is 0. The fourth-order valence-electron chi connectivity index (χ4n) is 3.05. The summed E-state index contributed by atoms with van der Waals surface area (Å²) in [7, 11) is 9.87. The molecule has 2 rings (SSSR count). The summed E-state index contributed by atoms with van der Waals surface area (Å²) >= 11 is -0.826. The first kappa shape index (κ1) is 32.1. The molecule has 0 heterocycles. The molecule has 0 aromatic heterocycles. The molecular weight excluding hydrogens is 446 g/mol. The minimum atomic E-state index is -0.826. The molecule has 0 bridgehead atoms. The standard InChI is InChI=1S/C10H20O.C9H18O.2CH3.2ClH.Zr/c1-10(2,3)11-8-9-6-4-5-7-9;1-8(2)10-7-9-5-3-4-6-9;;;;;/h9H,4-8H2,1-3H3;8-9H,3-7H2,1-2H3;2*1H3;2*1H;/q;;2*-1;;;+4/p-2. The summed E-state index contributed by atoms with van der Waals surface area (Å²) in [5, 5.41) is 0. The third kappa shape index (κ3) is 21.7. The van der Waals surface area contributed by atoms with Gasteiger partial charge in [-0.1, -0.05) is 25.7 Å². The molecule has 0 saturated heterocycles. The van der Waals surface area contributed by atoms with Crippen molar-refractivity contribution in [1.29, 1.82) is 0 Å². The molecule has 0 amide bonds. The van der Waals surface area contributed by atoms with Crippen LogP contribution in [0.5, 0.6) is 0 Å². The van der Waals surface area contributed by atoms with Gasteiger partial charge in [-0.15, -0.1) is 0 Å². The van der Waals surface area contributed by atoms with Crippen LogP contribution in [0.4, 0.5) is 0 Å². The molecule has 2 saturated carbocycles. The predicted octanol–water partition coefficient (Wildman–Crippen LogP) is 7.87. The Morgan fingerprint density at radius 1 is 0.846 bits per heavy atom. The zero-order valence-corrected chi connectivity index (χ0v) is 22.3. The van der Waals surface area contributed by atoms with E-state index >= 15 is 0 Å². The summed E-state index contributed by atoms with van der Waals surface area (Å²) in [6.07, 6.45) is 11.7. The second-order valence-electron chi connectivity index (χ2n) is 8.18. The third-order valence-electron chi connectivity index (χ3n) is 4.37. The Balaban J connectivity index is -0.000000332. The third-order valence-corrected chi connectivity index (χ3v) is 4.37. The van der Waals surface area contributed by atoms with Gasteiger partial charge in [0.1, 0.15) is 0 Å². The van der Waals surface area contributed by atoms with Gasteiger partial charge in [0.05, 0.1) is 18.3 Å². The molecule has 158 valence electrons. The second kappa shape index (κ2) is 19.7. The summed E-state index contributed by atoms with van der Waals surface area (Å²) in [5.41, 5.74) is 0.0581. The Bertz CT molecular complexity index is 272. The molecule has 0 radical (unpaired) electrons. The van der Waals surface area contributed by atoms with Crippen molar-refractivity contribution < 1.29 is 30.3 Å². The van der Waals surface area contributed by atoms with Crippen molar-refractivity contribution >= 4 is 17.0 Å². The molecule has 0 spiro atoms. The Hall–Kier alpha value is 1.38. The quantitative estimate of drug-likeness (QED) is 0.365. The van der Waals surface area contributed by atoms with E-state index in [1.165, 1.54) is 51.4 Å². The number of rotatable bonds is 5. The van der Waals surface area contributed by atoms with Crippen LogP contribution in [0.2, 0.25) is 0 Å². The summed E-state index contributed by atoms with van der Waals surface area (Å²) in [4.78, 5) is 0. The normalized spacial score (nSPS) is 17.2. The van der Waals surface area contributed by atoms with Gasteiger partial charge in [0.25, 0.3) is 0 Å². The zero-order chi connectivity index (χ0) is 18.4. The van der Waals surface area contributed by atoms with Crippen molar-refractivity contribution in [3.05, 3.63) is 14.9 Å². The van der Waals surface area contributed by atoms with Crippen molar-refractivity contribution in [1.82, 2.24) is 0 Å². The van der Waals surface area contributed by atoms with Crippen molar-refractivity contribution in [3.63, 3.8) is 0 Å². The molecule has 0 unspecified atom stereocenters. The van der Waals surface area contributed by atoms with E-state index < -0.39 is 20.8 Å². The van der Waals surface area contributed by atoms with Crippen molar-refractivity contribution in [2.45, 2.75) is 97.7 Å². The van der Waals surface area contributed by atoms with Crippen LogP contribution in [0.1, 0.15) is 86.0 Å².